The zero-order valence-corrected chi connectivity index (χ0v) is 16.8. The Morgan fingerprint density at radius 2 is 2.10 bits per heavy atom. The first kappa shape index (κ1) is 20.1. The molecule has 1 atom stereocenters. The molecule has 0 spiro atoms. The summed E-state index contributed by atoms with van der Waals surface area (Å²) >= 11 is 5.76. The number of aliphatic carboxylic acids is 1. The van der Waals surface area contributed by atoms with Crippen molar-refractivity contribution in [3.63, 3.8) is 0 Å². The summed E-state index contributed by atoms with van der Waals surface area (Å²) in [6.07, 6.45) is 0.636. The molecule has 0 saturated heterocycles. The van der Waals surface area contributed by atoms with Gasteiger partial charge < -0.3 is 20.2 Å². The number of aromatic nitrogens is 2. The van der Waals surface area contributed by atoms with E-state index in [1.807, 2.05) is 0 Å². The third-order valence-electron chi connectivity index (χ3n) is 5.38. The fourth-order valence-corrected chi connectivity index (χ4v) is 3.92. The van der Waals surface area contributed by atoms with Gasteiger partial charge in [-0.3, -0.25) is 4.79 Å². The van der Waals surface area contributed by atoms with Crippen molar-refractivity contribution in [3.8, 4) is 0 Å². The Hall–Kier alpha value is -3.14. The first-order chi connectivity index (χ1) is 14.3. The number of fused-ring (bicyclic) bond motifs is 3. The molecule has 0 fully saturated rings. The van der Waals surface area contributed by atoms with Gasteiger partial charge in [-0.2, -0.15) is 5.10 Å². The van der Waals surface area contributed by atoms with Crippen molar-refractivity contribution >= 4 is 35.2 Å². The number of carboxylic acid groups (broad SMARTS) is 1. The summed E-state index contributed by atoms with van der Waals surface area (Å²) in [5, 5.41) is 16.5. The number of anilines is 1. The van der Waals surface area contributed by atoms with Crippen LogP contribution in [0.1, 0.15) is 34.2 Å². The van der Waals surface area contributed by atoms with Gasteiger partial charge in [-0.05, 0) is 24.6 Å². The number of carbonyl (C=O) groups is 3. The first-order valence-corrected chi connectivity index (χ1v) is 9.73. The smallest absolute Gasteiger partial charge is 0.328 e. The second-order valence-corrected chi connectivity index (χ2v) is 7.73. The van der Waals surface area contributed by atoms with E-state index in [1.165, 1.54) is 26.6 Å². The second kappa shape index (κ2) is 7.60. The molecule has 0 aliphatic carbocycles. The summed E-state index contributed by atoms with van der Waals surface area (Å²) in [5.41, 5.74) is 1.72. The molecule has 2 aliphatic rings. The van der Waals surface area contributed by atoms with Gasteiger partial charge in [0.25, 0.3) is 5.91 Å². The zero-order valence-electron chi connectivity index (χ0n) is 16.1. The lowest BCUT2D eigenvalue weighted by Gasteiger charge is -2.27. The molecule has 0 bridgehead atoms. The SMILES string of the molecule is CN1CCC(C(=O)O)n2nc3c(c2C1=O)CN(C(=O)Nc1ccc(F)c(Cl)c1)CC3. The number of halogens is 2. The van der Waals surface area contributed by atoms with Crippen molar-refractivity contribution in [3.05, 3.63) is 46.0 Å². The van der Waals surface area contributed by atoms with Gasteiger partial charge in [0.15, 0.2) is 6.04 Å². The van der Waals surface area contributed by atoms with Crippen LogP contribution in [0.4, 0.5) is 14.9 Å². The quantitative estimate of drug-likeness (QED) is 0.753. The third kappa shape index (κ3) is 3.47. The van der Waals surface area contributed by atoms with Gasteiger partial charge in [-0.15, -0.1) is 0 Å². The number of urea groups is 1. The number of carboxylic acids is 1. The average Bonchev–Trinajstić information content (AvgIpc) is 3.02. The van der Waals surface area contributed by atoms with Crippen molar-refractivity contribution in [2.45, 2.75) is 25.4 Å². The Balaban J connectivity index is 1.62. The molecule has 2 N–H and O–H groups in total. The number of rotatable bonds is 2. The summed E-state index contributed by atoms with van der Waals surface area (Å²) in [4.78, 5) is 40.3. The number of hydrogen-bond donors (Lipinski definition) is 2. The van der Waals surface area contributed by atoms with E-state index < -0.39 is 23.9 Å². The van der Waals surface area contributed by atoms with Crippen molar-refractivity contribution in [2.24, 2.45) is 0 Å². The van der Waals surface area contributed by atoms with Crippen LogP contribution >= 0.6 is 11.6 Å². The lowest BCUT2D eigenvalue weighted by Crippen LogP contribution is -2.39. The Kier molecular flexibility index (Phi) is 5.10. The van der Waals surface area contributed by atoms with Crippen LogP contribution in [0.3, 0.4) is 0 Å². The maximum Gasteiger partial charge on any atom is 0.328 e. The van der Waals surface area contributed by atoms with E-state index >= 15 is 0 Å². The van der Waals surface area contributed by atoms with Crippen LogP contribution in [0.15, 0.2) is 18.2 Å². The van der Waals surface area contributed by atoms with Crippen LogP contribution in [0.25, 0.3) is 0 Å². The van der Waals surface area contributed by atoms with E-state index in [4.69, 9.17) is 11.6 Å². The molecular weight excluding hydrogens is 417 g/mol. The Labute approximate surface area is 176 Å². The molecule has 2 aliphatic heterocycles. The number of hydrogen-bond acceptors (Lipinski definition) is 4. The molecule has 4 rings (SSSR count). The molecular formula is C19H19ClFN5O4. The van der Waals surface area contributed by atoms with Crippen LogP contribution < -0.4 is 5.32 Å². The number of amides is 3. The van der Waals surface area contributed by atoms with Gasteiger partial charge in [0.1, 0.15) is 11.5 Å². The minimum atomic E-state index is -1.05. The van der Waals surface area contributed by atoms with Crippen molar-refractivity contribution < 1.29 is 23.9 Å². The predicted octanol–water partition coefficient (Wildman–Crippen LogP) is 2.37. The van der Waals surface area contributed by atoms with E-state index in [2.05, 4.69) is 10.4 Å². The van der Waals surface area contributed by atoms with Gasteiger partial charge in [-0.25, -0.2) is 18.7 Å². The van der Waals surface area contributed by atoms with Crippen LogP contribution in [-0.4, -0.2) is 62.7 Å². The highest BCUT2D eigenvalue weighted by molar-refractivity contribution is 6.31. The first-order valence-electron chi connectivity index (χ1n) is 9.35. The number of benzene rings is 1. The highest BCUT2D eigenvalue weighted by atomic mass is 35.5. The van der Waals surface area contributed by atoms with Gasteiger partial charge in [0, 0.05) is 37.8 Å². The summed E-state index contributed by atoms with van der Waals surface area (Å²) in [6, 6.07) is 2.49. The Morgan fingerprint density at radius 1 is 1.33 bits per heavy atom. The average molecular weight is 436 g/mol. The van der Waals surface area contributed by atoms with E-state index in [0.29, 0.717) is 36.5 Å². The maximum absolute atomic E-state index is 13.3. The number of carbonyl (C=O) groups excluding carboxylic acids is 2. The molecule has 1 aromatic heterocycles. The van der Waals surface area contributed by atoms with Crippen LogP contribution in [0.5, 0.6) is 0 Å². The maximum atomic E-state index is 13.3. The highest BCUT2D eigenvalue weighted by Gasteiger charge is 2.37. The Bertz CT molecular complexity index is 1060. The zero-order chi connectivity index (χ0) is 21.6. The standard InChI is InChI=1S/C19H19ClFN5O4/c1-24-6-5-15(18(28)29)26-16(17(24)27)11-9-25(7-4-14(11)23-26)19(30)22-10-2-3-13(21)12(20)8-10/h2-3,8,15H,4-7,9H2,1H3,(H,22,30)(H,28,29). The van der Waals surface area contributed by atoms with E-state index in [-0.39, 0.29) is 29.6 Å². The summed E-state index contributed by atoms with van der Waals surface area (Å²) < 4.78 is 14.6. The van der Waals surface area contributed by atoms with Gasteiger partial charge >= 0.3 is 12.0 Å². The van der Waals surface area contributed by atoms with Crippen LogP contribution in [0, 0.1) is 5.82 Å². The van der Waals surface area contributed by atoms with Gasteiger partial charge in [-0.1, -0.05) is 11.6 Å². The molecule has 2 aromatic rings. The summed E-state index contributed by atoms with van der Waals surface area (Å²) in [6.45, 7) is 0.743. The summed E-state index contributed by atoms with van der Waals surface area (Å²) in [5.74, 6) is -1.96. The van der Waals surface area contributed by atoms with Crippen molar-refractivity contribution in [2.75, 3.05) is 25.5 Å². The molecule has 3 amide bonds. The van der Waals surface area contributed by atoms with Gasteiger partial charge in [0.05, 0.1) is 17.3 Å². The van der Waals surface area contributed by atoms with Crippen LogP contribution in [0.2, 0.25) is 5.02 Å². The number of nitrogens with one attached hydrogen (secondary N) is 1. The van der Waals surface area contributed by atoms with E-state index in [1.54, 1.807) is 7.05 Å². The third-order valence-corrected chi connectivity index (χ3v) is 5.67. The lowest BCUT2D eigenvalue weighted by molar-refractivity contribution is -0.141. The minimum Gasteiger partial charge on any atom is -0.480 e. The molecule has 9 nitrogen and oxygen atoms in total. The molecule has 158 valence electrons. The molecule has 0 radical (unpaired) electrons. The highest BCUT2D eigenvalue weighted by Crippen LogP contribution is 2.30. The van der Waals surface area contributed by atoms with Gasteiger partial charge in [0.2, 0.25) is 0 Å². The molecule has 30 heavy (non-hydrogen) atoms. The van der Waals surface area contributed by atoms with Crippen molar-refractivity contribution in [1.82, 2.24) is 19.6 Å². The number of nitrogens with zero attached hydrogens (tertiary/aromatic N) is 4. The molecule has 0 saturated carbocycles. The second-order valence-electron chi connectivity index (χ2n) is 7.32. The largest absolute Gasteiger partial charge is 0.480 e. The molecule has 1 unspecified atom stereocenters. The van der Waals surface area contributed by atoms with Crippen LogP contribution in [-0.2, 0) is 17.8 Å². The monoisotopic (exact) mass is 435 g/mol. The molecule has 11 heteroatoms. The van der Waals surface area contributed by atoms with E-state index in [9.17, 15) is 23.9 Å². The fourth-order valence-electron chi connectivity index (χ4n) is 3.74. The normalized spacial score (nSPS) is 18.5. The topological polar surface area (TPSA) is 108 Å². The summed E-state index contributed by atoms with van der Waals surface area (Å²) in [7, 11) is 1.61. The Morgan fingerprint density at radius 3 is 2.80 bits per heavy atom. The lowest BCUT2D eigenvalue weighted by atomic mass is 10.0. The predicted molar refractivity (Wildman–Crippen MR) is 105 cm³/mol. The van der Waals surface area contributed by atoms with E-state index in [0.717, 1.165) is 6.07 Å². The fraction of sp³-hybridized carbons (Fsp3) is 0.368. The molecule has 1 aromatic carbocycles. The molecule has 3 heterocycles. The minimum absolute atomic E-state index is 0.107. The van der Waals surface area contributed by atoms with Crippen molar-refractivity contribution in [1.29, 1.82) is 0 Å².